The molecule has 0 amide bonds. The number of hydrogen-bond donors (Lipinski definition) is 1. The summed E-state index contributed by atoms with van der Waals surface area (Å²) in [5.41, 5.74) is 2.25. The normalized spacial score (nSPS) is 24.2. The predicted octanol–water partition coefficient (Wildman–Crippen LogP) is 3.51. The molecule has 0 aromatic heterocycles. The van der Waals surface area contributed by atoms with Gasteiger partial charge in [0.05, 0.1) is 0 Å². The first-order chi connectivity index (χ1) is 8.19. The van der Waals surface area contributed by atoms with Gasteiger partial charge in [-0.1, -0.05) is 6.07 Å². The van der Waals surface area contributed by atoms with Crippen molar-refractivity contribution in [2.75, 3.05) is 6.26 Å². The van der Waals surface area contributed by atoms with Crippen LogP contribution in [0.3, 0.4) is 0 Å². The molecular weight excluding hydrogens is 233 g/mol. The van der Waals surface area contributed by atoms with Crippen molar-refractivity contribution >= 4 is 11.8 Å². The summed E-state index contributed by atoms with van der Waals surface area (Å²) in [5.74, 6) is -0.144. The molecule has 0 saturated heterocycles. The van der Waals surface area contributed by atoms with Gasteiger partial charge in [0.15, 0.2) is 0 Å². The second kappa shape index (κ2) is 5.87. The van der Waals surface area contributed by atoms with Crippen LogP contribution in [0.15, 0.2) is 18.2 Å². The fraction of sp³-hybridized carbons (Fsp3) is 0.571. The summed E-state index contributed by atoms with van der Waals surface area (Å²) in [6.07, 6.45) is 6.05. The van der Waals surface area contributed by atoms with E-state index in [1.807, 2.05) is 24.8 Å². The van der Waals surface area contributed by atoms with Crippen LogP contribution >= 0.6 is 11.8 Å². The maximum Gasteiger partial charge on any atom is 0.123 e. The summed E-state index contributed by atoms with van der Waals surface area (Å²) in [7, 11) is 0. The Morgan fingerprint density at radius 2 is 2.24 bits per heavy atom. The standard InChI is InChI=1S/C14H20FNS/c1-10-7-12(15)4-3-11(10)9-16-13-5-6-14(8-13)17-2/h3-4,7,13-14,16H,5-6,8-9H2,1-2H3. The summed E-state index contributed by atoms with van der Waals surface area (Å²) in [5, 5.41) is 4.41. The highest BCUT2D eigenvalue weighted by Gasteiger charge is 2.23. The lowest BCUT2D eigenvalue weighted by Gasteiger charge is -2.14. The highest BCUT2D eigenvalue weighted by atomic mass is 32.2. The van der Waals surface area contributed by atoms with Crippen molar-refractivity contribution < 1.29 is 4.39 Å². The third kappa shape index (κ3) is 3.46. The second-order valence-corrected chi connectivity index (χ2v) is 5.96. The van der Waals surface area contributed by atoms with Crippen molar-refractivity contribution in [2.24, 2.45) is 0 Å². The first-order valence-corrected chi connectivity index (χ1v) is 7.49. The van der Waals surface area contributed by atoms with Gasteiger partial charge >= 0.3 is 0 Å². The minimum absolute atomic E-state index is 0.144. The van der Waals surface area contributed by atoms with Crippen LogP contribution in [0, 0.1) is 12.7 Å². The maximum atomic E-state index is 13.0. The Morgan fingerprint density at radius 1 is 1.41 bits per heavy atom. The molecule has 0 bridgehead atoms. The lowest BCUT2D eigenvalue weighted by Crippen LogP contribution is -2.26. The van der Waals surface area contributed by atoms with Gasteiger partial charge in [-0.3, -0.25) is 0 Å². The minimum atomic E-state index is -0.144. The first-order valence-electron chi connectivity index (χ1n) is 6.20. The molecule has 2 unspecified atom stereocenters. The van der Waals surface area contributed by atoms with E-state index in [0.717, 1.165) is 17.4 Å². The van der Waals surface area contributed by atoms with E-state index in [0.29, 0.717) is 6.04 Å². The molecule has 17 heavy (non-hydrogen) atoms. The van der Waals surface area contributed by atoms with E-state index in [9.17, 15) is 4.39 Å². The van der Waals surface area contributed by atoms with Gasteiger partial charge in [0, 0.05) is 17.8 Å². The van der Waals surface area contributed by atoms with Crippen LogP contribution in [0.1, 0.15) is 30.4 Å². The molecule has 0 heterocycles. The first kappa shape index (κ1) is 12.9. The quantitative estimate of drug-likeness (QED) is 0.881. The topological polar surface area (TPSA) is 12.0 Å². The zero-order chi connectivity index (χ0) is 12.3. The third-order valence-corrected chi connectivity index (χ3v) is 4.70. The van der Waals surface area contributed by atoms with E-state index in [2.05, 4.69) is 11.6 Å². The zero-order valence-corrected chi connectivity index (χ0v) is 11.3. The summed E-state index contributed by atoms with van der Waals surface area (Å²) >= 11 is 1.97. The molecule has 0 spiro atoms. The van der Waals surface area contributed by atoms with Crippen molar-refractivity contribution in [2.45, 2.75) is 44.0 Å². The molecular formula is C14H20FNS. The number of thioether (sulfide) groups is 1. The zero-order valence-electron chi connectivity index (χ0n) is 10.5. The Morgan fingerprint density at radius 3 is 2.88 bits per heavy atom. The van der Waals surface area contributed by atoms with Gasteiger partial charge in [-0.05, 0) is 55.7 Å². The van der Waals surface area contributed by atoms with Crippen molar-refractivity contribution in [1.82, 2.24) is 5.32 Å². The molecule has 1 aromatic rings. The summed E-state index contributed by atoms with van der Waals surface area (Å²) in [6.45, 7) is 2.83. The van der Waals surface area contributed by atoms with Gasteiger partial charge in [0.2, 0.25) is 0 Å². The van der Waals surface area contributed by atoms with E-state index in [-0.39, 0.29) is 5.82 Å². The number of halogens is 1. The molecule has 1 nitrogen and oxygen atoms in total. The lowest BCUT2D eigenvalue weighted by atomic mass is 10.1. The lowest BCUT2D eigenvalue weighted by molar-refractivity contribution is 0.523. The Bertz CT molecular complexity index is 380. The Kier molecular flexibility index (Phi) is 4.46. The minimum Gasteiger partial charge on any atom is -0.310 e. The van der Waals surface area contributed by atoms with Gasteiger partial charge in [0.1, 0.15) is 5.82 Å². The molecule has 0 radical (unpaired) electrons. The van der Waals surface area contributed by atoms with E-state index >= 15 is 0 Å². The van der Waals surface area contributed by atoms with E-state index in [1.165, 1.54) is 24.8 Å². The fourth-order valence-corrected chi connectivity index (χ4v) is 3.25. The summed E-state index contributed by atoms with van der Waals surface area (Å²) < 4.78 is 13.0. The summed E-state index contributed by atoms with van der Waals surface area (Å²) in [6, 6.07) is 5.68. The van der Waals surface area contributed by atoms with Crippen LogP contribution in [0.5, 0.6) is 0 Å². The van der Waals surface area contributed by atoms with Gasteiger partial charge in [0.25, 0.3) is 0 Å². The van der Waals surface area contributed by atoms with Crippen LogP contribution in [-0.2, 0) is 6.54 Å². The van der Waals surface area contributed by atoms with Crippen molar-refractivity contribution in [3.63, 3.8) is 0 Å². The molecule has 1 saturated carbocycles. The predicted molar refractivity (Wildman–Crippen MR) is 72.9 cm³/mol. The largest absolute Gasteiger partial charge is 0.310 e. The Balaban J connectivity index is 1.86. The number of hydrogen-bond acceptors (Lipinski definition) is 2. The summed E-state index contributed by atoms with van der Waals surface area (Å²) in [4.78, 5) is 0. The Hall–Kier alpha value is -0.540. The molecule has 1 aliphatic rings. The molecule has 3 heteroatoms. The SMILES string of the molecule is CSC1CCC(NCc2ccc(F)cc2C)C1. The number of benzene rings is 1. The van der Waals surface area contributed by atoms with E-state index in [1.54, 1.807) is 12.1 Å². The van der Waals surface area contributed by atoms with Crippen molar-refractivity contribution in [1.29, 1.82) is 0 Å². The second-order valence-electron chi connectivity index (χ2n) is 4.82. The number of nitrogens with one attached hydrogen (secondary N) is 1. The molecule has 1 N–H and O–H groups in total. The number of rotatable bonds is 4. The van der Waals surface area contributed by atoms with Crippen LogP contribution in [0.25, 0.3) is 0 Å². The monoisotopic (exact) mass is 253 g/mol. The van der Waals surface area contributed by atoms with Crippen LogP contribution in [0.4, 0.5) is 4.39 Å². The van der Waals surface area contributed by atoms with Gasteiger partial charge < -0.3 is 5.32 Å². The third-order valence-electron chi connectivity index (χ3n) is 3.60. The molecule has 1 fully saturated rings. The molecule has 1 aromatic carbocycles. The van der Waals surface area contributed by atoms with Crippen LogP contribution in [0.2, 0.25) is 0 Å². The smallest absolute Gasteiger partial charge is 0.123 e. The average Bonchev–Trinajstić information content (AvgIpc) is 2.76. The highest BCUT2D eigenvalue weighted by Crippen LogP contribution is 2.28. The van der Waals surface area contributed by atoms with Gasteiger partial charge in [-0.2, -0.15) is 11.8 Å². The van der Waals surface area contributed by atoms with Crippen LogP contribution in [-0.4, -0.2) is 17.5 Å². The fourth-order valence-electron chi connectivity index (χ4n) is 2.45. The van der Waals surface area contributed by atoms with Crippen molar-refractivity contribution in [3.05, 3.63) is 35.1 Å². The molecule has 0 aliphatic heterocycles. The highest BCUT2D eigenvalue weighted by molar-refractivity contribution is 7.99. The number of aryl methyl sites for hydroxylation is 1. The molecule has 2 atom stereocenters. The Labute approximate surface area is 107 Å². The molecule has 94 valence electrons. The molecule has 1 aliphatic carbocycles. The molecule has 2 rings (SSSR count). The van der Waals surface area contributed by atoms with Crippen molar-refractivity contribution in [3.8, 4) is 0 Å². The van der Waals surface area contributed by atoms with Gasteiger partial charge in [-0.15, -0.1) is 0 Å². The van der Waals surface area contributed by atoms with Crippen LogP contribution < -0.4 is 5.32 Å². The van der Waals surface area contributed by atoms with Gasteiger partial charge in [-0.25, -0.2) is 4.39 Å². The van der Waals surface area contributed by atoms with E-state index in [4.69, 9.17) is 0 Å². The average molecular weight is 253 g/mol. The maximum absolute atomic E-state index is 13.0. The van der Waals surface area contributed by atoms with E-state index < -0.39 is 0 Å².